The van der Waals surface area contributed by atoms with Crippen molar-refractivity contribution >= 4 is 23.9 Å². The zero-order valence-electron chi connectivity index (χ0n) is 15.9. The lowest BCUT2D eigenvalue weighted by molar-refractivity contribution is -0.105. The highest BCUT2D eigenvalue weighted by molar-refractivity contribution is 7.99. The third kappa shape index (κ3) is 4.19. The number of aryl methyl sites for hydroxylation is 1. The second kappa shape index (κ2) is 8.27. The maximum atomic E-state index is 10.7. The van der Waals surface area contributed by atoms with Gasteiger partial charge in [-0.05, 0) is 36.8 Å². The van der Waals surface area contributed by atoms with E-state index < -0.39 is 0 Å². The molecule has 4 aromatic rings. The van der Waals surface area contributed by atoms with Crippen LogP contribution in [0.4, 0.5) is 5.69 Å². The van der Waals surface area contributed by atoms with Crippen LogP contribution < -0.4 is 5.32 Å². The first-order valence-electron chi connectivity index (χ1n) is 8.98. The van der Waals surface area contributed by atoms with Crippen molar-refractivity contribution in [3.05, 3.63) is 66.6 Å². The topological polar surface area (TPSA) is 90.5 Å². The van der Waals surface area contributed by atoms with Crippen molar-refractivity contribution in [2.24, 2.45) is 7.05 Å². The van der Waals surface area contributed by atoms with Crippen LogP contribution in [0.1, 0.15) is 17.7 Å². The molecule has 146 valence electrons. The molecular weight excluding hydrogens is 386 g/mol. The standard InChI is InChI=1S/C20H19N7OS/c1-14(29-20-24-22-12-26(20)2)15-5-4-8-18(10-15)27-23-11-19(25-27)16-6-3-7-17(9-16)21-13-28/h3-14H,1-2H3,(H,21,28)/t14-/m0/s1. The van der Waals surface area contributed by atoms with E-state index in [0.29, 0.717) is 12.1 Å². The van der Waals surface area contributed by atoms with Crippen molar-refractivity contribution in [2.45, 2.75) is 17.3 Å². The van der Waals surface area contributed by atoms with Crippen molar-refractivity contribution in [3.8, 4) is 16.9 Å². The van der Waals surface area contributed by atoms with Gasteiger partial charge in [0.05, 0.1) is 11.9 Å². The first-order valence-corrected chi connectivity index (χ1v) is 9.86. The number of amides is 1. The summed E-state index contributed by atoms with van der Waals surface area (Å²) < 4.78 is 1.90. The molecule has 1 N–H and O–H groups in total. The second-order valence-corrected chi connectivity index (χ2v) is 7.75. The van der Waals surface area contributed by atoms with Crippen molar-refractivity contribution in [3.63, 3.8) is 0 Å². The van der Waals surface area contributed by atoms with Crippen molar-refractivity contribution in [1.29, 1.82) is 0 Å². The monoisotopic (exact) mass is 405 g/mol. The zero-order valence-corrected chi connectivity index (χ0v) is 16.7. The molecule has 0 aliphatic carbocycles. The molecule has 0 aliphatic rings. The van der Waals surface area contributed by atoms with Gasteiger partial charge in [-0.2, -0.15) is 9.90 Å². The minimum absolute atomic E-state index is 0.193. The minimum atomic E-state index is 0.193. The average Bonchev–Trinajstić information content (AvgIpc) is 3.38. The maximum absolute atomic E-state index is 10.7. The number of nitrogens with zero attached hydrogens (tertiary/aromatic N) is 6. The van der Waals surface area contributed by atoms with Crippen molar-refractivity contribution in [1.82, 2.24) is 29.8 Å². The van der Waals surface area contributed by atoms with Gasteiger partial charge in [0.1, 0.15) is 12.0 Å². The number of benzene rings is 2. The van der Waals surface area contributed by atoms with Gasteiger partial charge in [-0.15, -0.1) is 15.3 Å². The van der Waals surface area contributed by atoms with Crippen LogP contribution in [-0.2, 0) is 11.8 Å². The van der Waals surface area contributed by atoms with Gasteiger partial charge >= 0.3 is 0 Å². The van der Waals surface area contributed by atoms with E-state index in [9.17, 15) is 4.79 Å². The van der Waals surface area contributed by atoms with Crippen LogP contribution in [0.15, 0.2) is 66.2 Å². The smallest absolute Gasteiger partial charge is 0.211 e. The summed E-state index contributed by atoms with van der Waals surface area (Å²) in [6, 6.07) is 15.6. The molecule has 29 heavy (non-hydrogen) atoms. The maximum Gasteiger partial charge on any atom is 0.211 e. The molecule has 0 bridgehead atoms. The highest BCUT2D eigenvalue weighted by Gasteiger charge is 2.13. The SMILES string of the molecule is C[C@H](Sc1nncn1C)c1cccc(-n2ncc(-c3cccc(NC=O)c3)n2)c1. The Morgan fingerprint density at radius 1 is 1.17 bits per heavy atom. The fourth-order valence-corrected chi connectivity index (χ4v) is 3.77. The lowest BCUT2D eigenvalue weighted by Crippen LogP contribution is -2.01. The first-order chi connectivity index (χ1) is 14.1. The summed E-state index contributed by atoms with van der Waals surface area (Å²) in [6.07, 6.45) is 4.06. The van der Waals surface area contributed by atoms with E-state index in [-0.39, 0.29) is 5.25 Å². The number of aromatic nitrogens is 6. The molecule has 2 aromatic carbocycles. The molecule has 8 nitrogen and oxygen atoms in total. The lowest BCUT2D eigenvalue weighted by atomic mass is 10.1. The van der Waals surface area contributed by atoms with Gasteiger partial charge in [-0.3, -0.25) is 4.79 Å². The van der Waals surface area contributed by atoms with Gasteiger partial charge in [0.15, 0.2) is 5.16 Å². The van der Waals surface area contributed by atoms with Gasteiger partial charge in [0, 0.05) is 23.5 Å². The van der Waals surface area contributed by atoms with Gasteiger partial charge < -0.3 is 9.88 Å². The highest BCUT2D eigenvalue weighted by Crippen LogP contribution is 2.33. The lowest BCUT2D eigenvalue weighted by Gasteiger charge is -2.12. The first kappa shape index (κ1) is 18.9. The van der Waals surface area contributed by atoms with Crippen LogP contribution in [0.3, 0.4) is 0 Å². The molecule has 2 heterocycles. The average molecular weight is 405 g/mol. The Kier molecular flexibility index (Phi) is 5.39. The third-order valence-corrected chi connectivity index (χ3v) is 5.60. The molecule has 0 saturated heterocycles. The number of thioether (sulfide) groups is 1. The molecule has 0 unspecified atom stereocenters. The summed E-state index contributed by atoms with van der Waals surface area (Å²) in [6.45, 7) is 2.13. The van der Waals surface area contributed by atoms with Gasteiger partial charge in [-0.25, -0.2) is 0 Å². The third-order valence-electron chi connectivity index (χ3n) is 4.40. The van der Waals surface area contributed by atoms with E-state index in [0.717, 1.165) is 27.7 Å². The summed E-state index contributed by atoms with van der Waals surface area (Å²) in [5, 5.41) is 20.8. The predicted octanol–water partition coefficient (Wildman–Crippen LogP) is 3.48. The summed E-state index contributed by atoms with van der Waals surface area (Å²) in [7, 11) is 1.93. The molecule has 4 rings (SSSR count). The number of anilines is 1. The molecule has 0 saturated carbocycles. The Labute approximate surface area is 172 Å². The van der Waals surface area contributed by atoms with E-state index in [1.54, 1.807) is 29.1 Å². The minimum Gasteiger partial charge on any atom is -0.329 e. The fraction of sp³-hybridized carbons (Fsp3) is 0.150. The number of nitrogens with one attached hydrogen (secondary N) is 1. The Hall–Kier alpha value is -3.46. The number of rotatable bonds is 7. The van der Waals surface area contributed by atoms with Gasteiger partial charge in [-0.1, -0.05) is 36.0 Å². The quantitative estimate of drug-likeness (QED) is 0.374. The largest absolute Gasteiger partial charge is 0.329 e. The number of hydrogen-bond acceptors (Lipinski definition) is 6. The zero-order chi connectivity index (χ0) is 20.2. The van der Waals surface area contributed by atoms with E-state index in [1.807, 2.05) is 48.0 Å². The highest BCUT2D eigenvalue weighted by atomic mass is 32.2. The molecule has 0 spiro atoms. The molecule has 1 amide bonds. The summed E-state index contributed by atoms with van der Waals surface area (Å²) in [5.74, 6) is 0. The molecular formula is C20H19N7OS. The van der Waals surface area contributed by atoms with E-state index in [1.165, 1.54) is 0 Å². The predicted molar refractivity (Wildman–Crippen MR) is 112 cm³/mol. The van der Waals surface area contributed by atoms with Crippen LogP contribution in [0.2, 0.25) is 0 Å². The summed E-state index contributed by atoms with van der Waals surface area (Å²) in [5.41, 5.74) is 4.34. The van der Waals surface area contributed by atoms with Crippen LogP contribution >= 0.6 is 11.8 Å². The Bertz CT molecular complexity index is 1140. The Morgan fingerprint density at radius 2 is 2.03 bits per heavy atom. The van der Waals surface area contributed by atoms with Crippen LogP contribution in [-0.4, -0.2) is 36.2 Å². The Morgan fingerprint density at radius 3 is 2.83 bits per heavy atom. The van der Waals surface area contributed by atoms with E-state index in [4.69, 9.17) is 0 Å². The molecule has 0 fully saturated rings. The number of carbonyl (C=O) groups excluding carboxylic acids is 1. The molecule has 1 atom stereocenters. The molecule has 0 aliphatic heterocycles. The fourth-order valence-electron chi connectivity index (χ4n) is 2.86. The van der Waals surface area contributed by atoms with Crippen LogP contribution in [0.5, 0.6) is 0 Å². The molecule has 0 radical (unpaired) electrons. The molecule has 2 aromatic heterocycles. The number of hydrogen-bond donors (Lipinski definition) is 1. The van der Waals surface area contributed by atoms with E-state index >= 15 is 0 Å². The number of carbonyl (C=O) groups is 1. The molecule has 9 heteroatoms. The van der Waals surface area contributed by atoms with Gasteiger partial charge in [0.2, 0.25) is 6.41 Å². The second-order valence-electron chi connectivity index (χ2n) is 6.44. The normalized spacial score (nSPS) is 11.9. The Balaban J connectivity index is 1.57. The summed E-state index contributed by atoms with van der Waals surface area (Å²) in [4.78, 5) is 12.3. The van der Waals surface area contributed by atoms with Gasteiger partial charge in [0.25, 0.3) is 0 Å². The van der Waals surface area contributed by atoms with Crippen LogP contribution in [0, 0.1) is 0 Å². The van der Waals surface area contributed by atoms with Crippen LogP contribution in [0.25, 0.3) is 16.9 Å². The van der Waals surface area contributed by atoms with Crippen molar-refractivity contribution in [2.75, 3.05) is 5.32 Å². The van der Waals surface area contributed by atoms with E-state index in [2.05, 4.69) is 44.8 Å². The van der Waals surface area contributed by atoms with Crippen molar-refractivity contribution < 1.29 is 4.79 Å². The summed E-state index contributed by atoms with van der Waals surface area (Å²) >= 11 is 1.65.